The third-order valence-corrected chi connectivity index (χ3v) is 9.94. The number of carbonyl (C=O) groups is 2. The van der Waals surface area contributed by atoms with Crippen LogP contribution < -0.4 is 16.2 Å². The molecule has 2 aromatic heterocycles. The quantitative estimate of drug-likeness (QED) is 0.275. The lowest BCUT2D eigenvalue weighted by Crippen LogP contribution is -2.46. The number of aliphatic hydroxyl groups is 1. The summed E-state index contributed by atoms with van der Waals surface area (Å²) in [6.45, 7) is 3.11. The summed E-state index contributed by atoms with van der Waals surface area (Å²) >= 11 is 7.33. The summed E-state index contributed by atoms with van der Waals surface area (Å²) in [5.41, 5.74) is 2.76. The highest BCUT2D eigenvalue weighted by Crippen LogP contribution is 2.36. The van der Waals surface area contributed by atoms with Gasteiger partial charge in [0.05, 0.1) is 35.8 Å². The number of hydrogen-bond donors (Lipinski definition) is 3. The summed E-state index contributed by atoms with van der Waals surface area (Å²) in [5.74, 6) is 0.350. The number of anilines is 1. The number of benzene rings is 2. The lowest BCUT2D eigenvalue weighted by Gasteiger charge is -2.33. The molecule has 3 N–H and O–H groups in total. The van der Waals surface area contributed by atoms with Crippen molar-refractivity contribution in [2.24, 2.45) is 0 Å². The molecule has 1 saturated carbocycles. The Labute approximate surface area is 261 Å². The van der Waals surface area contributed by atoms with Crippen molar-refractivity contribution in [3.05, 3.63) is 74.2 Å². The van der Waals surface area contributed by atoms with Crippen LogP contribution in [0.3, 0.4) is 0 Å². The van der Waals surface area contributed by atoms with Crippen LogP contribution in [0.5, 0.6) is 0 Å². The first-order valence-electron chi connectivity index (χ1n) is 14.7. The average Bonchev–Trinajstić information content (AvgIpc) is 3.63. The molecule has 0 radical (unpaired) electrons. The third-order valence-electron chi connectivity index (χ3n) is 8.66. The van der Waals surface area contributed by atoms with Gasteiger partial charge in [-0.05, 0) is 62.4 Å². The van der Waals surface area contributed by atoms with E-state index in [-0.39, 0.29) is 41.8 Å². The Morgan fingerprint density at radius 1 is 1.16 bits per heavy atom. The number of thiazole rings is 1. The molecule has 2 saturated heterocycles. The predicted molar refractivity (Wildman–Crippen MR) is 167 cm³/mol. The highest BCUT2D eigenvalue weighted by Gasteiger charge is 2.38. The van der Waals surface area contributed by atoms with Gasteiger partial charge in [-0.15, -0.1) is 11.3 Å². The molecule has 0 spiro atoms. The minimum Gasteiger partial charge on any atom is -0.447 e. The molecule has 3 fully saturated rings. The number of nitrogens with one attached hydrogen (secondary N) is 2. The van der Waals surface area contributed by atoms with Crippen molar-refractivity contribution < 1.29 is 19.4 Å². The topological polar surface area (TPSA) is 139 Å². The molecule has 1 aliphatic carbocycles. The molecule has 7 rings (SSSR count). The maximum atomic E-state index is 13.9. The Hall–Kier alpha value is -4.00. The maximum Gasteiger partial charge on any atom is 0.410 e. The molecule has 3 aliphatic rings. The monoisotopic (exact) mass is 634 g/mol. The Morgan fingerprint density at radius 2 is 1.95 bits per heavy atom. The fraction of sp³-hybridized carbons (Fsp3) is 0.387. The number of nitrogens with zero attached hydrogens (tertiary/aromatic N) is 4. The first-order chi connectivity index (χ1) is 21.2. The predicted octanol–water partition coefficient (Wildman–Crippen LogP) is 4.18. The van der Waals surface area contributed by atoms with Crippen LogP contribution in [-0.4, -0.2) is 73.9 Å². The summed E-state index contributed by atoms with van der Waals surface area (Å²) in [4.78, 5) is 50.5. The molecule has 4 heterocycles. The first-order valence-corrected chi connectivity index (χ1v) is 15.9. The summed E-state index contributed by atoms with van der Waals surface area (Å²) in [6.07, 6.45) is 3.44. The Morgan fingerprint density at radius 3 is 2.73 bits per heavy atom. The number of ether oxygens (including phenoxy) is 1. The van der Waals surface area contributed by atoms with Gasteiger partial charge in [0.1, 0.15) is 22.3 Å². The van der Waals surface area contributed by atoms with Crippen LogP contribution >= 0.6 is 22.9 Å². The zero-order valence-electron chi connectivity index (χ0n) is 24.0. The second-order valence-electron chi connectivity index (χ2n) is 11.7. The highest BCUT2D eigenvalue weighted by atomic mass is 35.5. The molecule has 2 amide bonds. The number of amides is 2. The SMILES string of the molecule is Cc1nc2cc(-c3ncc(C(=O)NC4CC(O)C4)s3)c(N[C@H]3CCN4C(=O)OC[C@@H]4C3)cc2c(=O)n1Cc1ccc(Cl)cc1. The number of aromatic nitrogens is 3. The van der Waals surface area contributed by atoms with E-state index in [1.165, 1.54) is 11.3 Å². The van der Waals surface area contributed by atoms with Crippen LogP contribution in [0.2, 0.25) is 5.02 Å². The van der Waals surface area contributed by atoms with Crippen LogP contribution in [-0.2, 0) is 11.3 Å². The Bertz CT molecular complexity index is 1820. The molecule has 13 heteroatoms. The van der Waals surface area contributed by atoms with Crippen LogP contribution in [0, 0.1) is 6.92 Å². The molecule has 0 unspecified atom stereocenters. The van der Waals surface area contributed by atoms with Gasteiger partial charge in [-0.2, -0.15) is 0 Å². The molecule has 11 nitrogen and oxygen atoms in total. The van der Waals surface area contributed by atoms with Crippen LogP contribution in [0.15, 0.2) is 47.4 Å². The van der Waals surface area contributed by atoms with Gasteiger partial charge in [-0.1, -0.05) is 23.7 Å². The van der Waals surface area contributed by atoms with Gasteiger partial charge in [0.15, 0.2) is 0 Å². The van der Waals surface area contributed by atoms with Gasteiger partial charge in [-0.25, -0.2) is 14.8 Å². The average molecular weight is 635 g/mol. The molecule has 0 bridgehead atoms. The van der Waals surface area contributed by atoms with E-state index in [2.05, 4.69) is 15.6 Å². The smallest absolute Gasteiger partial charge is 0.410 e. The lowest BCUT2D eigenvalue weighted by atomic mass is 9.89. The van der Waals surface area contributed by atoms with Crippen molar-refractivity contribution in [3.8, 4) is 10.6 Å². The van der Waals surface area contributed by atoms with Crippen molar-refractivity contribution in [1.82, 2.24) is 24.8 Å². The summed E-state index contributed by atoms with van der Waals surface area (Å²) in [5, 5.41) is 17.9. The molecule has 4 aromatic rings. The first kappa shape index (κ1) is 28.8. The minimum atomic E-state index is -0.365. The molecule has 2 atom stereocenters. The van der Waals surface area contributed by atoms with E-state index >= 15 is 0 Å². The number of hydrogen-bond acceptors (Lipinski definition) is 9. The zero-order valence-corrected chi connectivity index (χ0v) is 25.5. The van der Waals surface area contributed by atoms with E-state index < -0.39 is 0 Å². The van der Waals surface area contributed by atoms with Crippen molar-refractivity contribution in [3.63, 3.8) is 0 Å². The largest absolute Gasteiger partial charge is 0.447 e. The fourth-order valence-corrected chi connectivity index (χ4v) is 7.13. The molecule has 2 aromatic carbocycles. The van der Waals surface area contributed by atoms with Gasteiger partial charge in [0, 0.05) is 34.9 Å². The number of halogens is 1. The van der Waals surface area contributed by atoms with Crippen molar-refractivity contribution >= 4 is 51.5 Å². The van der Waals surface area contributed by atoms with Gasteiger partial charge in [0.2, 0.25) is 0 Å². The summed E-state index contributed by atoms with van der Waals surface area (Å²) < 4.78 is 6.91. The van der Waals surface area contributed by atoms with Gasteiger partial charge >= 0.3 is 6.09 Å². The second kappa shape index (κ2) is 11.5. The number of aryl methyl sites for hydroxylation is 1. The number of aliphatic hydroxyl groups excluding tert-OH is 1. The van der Waals surface area contributed by atoms with Crippen molar-refractivity contribution in [1.29, 1.82) is 0 Å². The highest BCUT2D eigenvalue weighted by molar-refractivity contribution is 7.17. The number of carbonyl (C=O) groups excluding carboxylic acids is 2. The van der Waals surface area contributed by atoms with Crippen LogP contribution in [0.1, 0.15) is 46.7 Å². The van der Waals surface area contributed by atoms with E-state index in [1.54, 1.807) is 27.8 Å². The number of piperidine rings is 1. The number of fused-ring (bicyclic) bond motifs is 2. The van der Waals surface area contributed by atoms with E-state index in [0.29, 0.717) is 76.3 Å². The fourth-order valence-electron chi connectivity index (χ4n) is 6.15. The van der Waals surface area contributed by atoms with Gasteiger partial charge in [-0.3, -0.25) is 14.2 Å². The molecule has 228 valence electrons. The Balaban J connectivity index is 1.25. The molecular formula is C31H31ClN6O5S. The number of cyclic esters (lactones) is 1. The van der Waals surface area contributed by atoms with E-state index in [0.717, 1.165) is 17.5 Å². The van der Waals surface area contributed by atoms with Crippen molar-refractivity contribution in [2.75, 3.05) is 18.5 Å². The number of rotatable bonds is 7. The van der Waals surface area contributed by atoms with Crippen LogP contribution in [0.25, 0.3) is 21.5 Å². The standard InChI is InChI=1S/C31H31ClN6O5S/c1-16-34-26-11-23(29-33-13-27(44-29)28(40)36-20-9-22(39)10-20)25(35-19-6-7-37-21(8-19)15-43-31(37)42)12-24(26)30(41)38(16)14-17-2-4-18(32)5-3-17/h2-5,11-13,19-22,35,39H,6-10,14-15H2,1H3,(H,36,40)/t19-,20?,21-,22?/m0/s1. The van der Waals surface area contributed by atoms with Crippen molar-refractivity contribution in [2.45, 2.75) is 63.4 Å². The van der Waals surface area contributed by atoms with E-state index in [4.69, 9.17) is 21.3 Å². The molecule has 44 heavy (non-hydrogen) atoms. The normalized spacial score (nSPS) is 22.8. The zero-order chi connectivity index (χ0) is 30.5. The lowest BCUT2D eigenvalue weighted by molar-refractivity contribution is 0.0564. The van der Waals surface area contributed by atoms with Crippen LogP contribution in [0.4, 0.5) is 10.5 Å². The Kier molecular flexibility index (Phi) is 7.51. The summed E-state index contributed by atoms with van der Waals surface area (Å²) in [6, 6.07) is 11.1. The summed E-state index contributed by atoms with van der Waals surface area (Å²) in [7, 11) is 0. The van der Waals surface area contributed by atoms with Gasteiger partial charge < -0.3 is 25.4 Å². The van der Waals surface area contributed by atoms with E-state index in [1.807, 2.05) is 31.2 Å². The third kappa shape index (κ3) is 5.53. The van der Waals surface area contributed by atoms with E-state index in [9.17, 15) is 19.5 Å². The minimum absolute atomic E-state index is 0.00115. The molecule has 2 aliphatic heterocycles. The maximum absolute atomic E-state index is 13.9. The molecular weight excluding hydrogens is 604 g/mol. The van der Waals surface area contributed by atoms with Gasteiger partial charge in [0.25, 0.3) is 11.5 Å². The second-order valence-corrected chi connectivity index (χ2v) is 13.2.